The lowest BCUT2D eigenvalue weighted by Gasteiger charge is -2.06. The number of nitrogens with zero attached hydrogens (tertiary/aromatic N) is 2. The van der Waals surface area contributed by atoms with E-state index in [4.69, 9.17) is 0 Å². The van der Waals surface area contributed by atoms with E-state index >= 15 is 0 Å². The van der Waals surface area contributed by atoms with Crippen LogP contribution in [0.4, 0.5) is 0 Å². The Hall–Kier alpha value is -5.54. The number of hydrogen-bond donors (Lipinski definition) is 1. The van der Waals surface area contributed by atoms with Crippen molar-refractivity contribution in [1.29, 1.82) is 0 Å². The maximum Gasteiger partial charge on any atom is 0.0709 e. The van der Waals surface area contributed by atoms with Gasteiger partial charge in [0.05, 0.1) is 33.1 Å². The largest absolute Gasteiger partial charge is 0.354 e. The molecule has 4 heterocycles. The highest BCUT2D eigenvalue weighted by atomic mass is 15.0. The van der Waals surface area contributed by atoms with Gasteiger partial charge in [0.15, 0.2) is 0 Å². The molecule has 11 rings (SSSR count). The lowest BCUT2D eigenvalue weighted by atomic mass is 10.0. The third-order valence-electron chi connectivity index (χ3n) is 9.49. The minimum absolute atomic E-state index is 1.17. The maximum absolute atomic E-state index is 3.71. The smallest absolute Gasteiger partial charge is 0.0709 e. The van der Waals surface area contributed by atoms with Crippen LogP contribution in [0.3, 0.4) is 0 Å². The van der Waals surface area contributed by atoms with E-state index in [2.05, 4.69) is 135 Å². The van der Waals surface area contributed by atoms with Gasteiger partial charge < -0.3 is 13.8 Å². The molecular formula is C38H21N3. The quantitative estimate of drug-likeness (QED) is 0.206. The Morgan fingerprint density at radius 1 is 0.366 bits per heavy atom. The van der Waals surface area contributed by atoms with Crippen molar-refractivity contribution in [1.82, 2.24) is 13.8 Å². The highest BCUT2D eigenvalue weighted by Crippen LogP contribution is 2.44. The van der Waals surface area contributed by atoms with E-state index in [1.807, 2.05) is 0 Å². The van der Waals surface area contributed by atoms with Crippen LogP contribution >= 0.6 is 0 Å². The molecule has 41 heavy (non-hydrogen) atoms. The highest BCUT2D eigenvalue weighted by Gasteiger charge is 2.22. The average Bonchev–Trinajstić information content (AvgIpc) is 3.63. The number of benzene rings is 7. The topological polar surface area (TPSA) is 24.6 Å². The first-order valence-electron chi connectivity index (χ1n) is 14.2. The molecule has 7 aromatic carbocycles. The van der Waals surface area contributed by atoms with Crippen molar-refractivity contribution in [3.8, 4) is 0 Å². The second kappa shape index (κ2) is 6.78. The summed E-state index contributed by atoms with van der Waals surface area (Å²) < 4.78 is 5.06. The minimum Gasteiger partial charge on any atom is -0.354 e. The molecule has 0 aliphatic rings. The molecule has 0 fully saturated rings. The van der Waals surface area contributed by atoms with Crippen molar-refractivity contribution in [2.24, 2.45) is 0 Å². The Morgan fingerprint density at radius 3 is 1.78 bits per heavy atom. The Morgan fingerprint density at radius 2 is 1.00 bits per heavy atom. The van der Waals surface area contributed by atoms with E-state index in [9.17, 15) is 0 Å². The number of aromatic nitrogens is 3. The van der Waals surface area contributed by atoms with Crippen molar-refractivity contribution < 1.29 is 0 Å². The van der Waals surface area contributed by atoms with Gasteiger partial charge in [-0.2, -0.15) is 0 Å². The average molecular weight is 520 g/mol. The summed E-state index contributed by atoms with van der Waals surface area (Å²) >= 11 is 0. The van der Waals surface area contributed by atoms with Crippen LogP contribution in [0.25, 0.3) is 98.0 Å². The summed E-state index contributed by atoms with van der Waals surface area (Å²) in [6, 6.07) is 45.1. The first-order valence-corrected chi connectivity index (χ1v) is 14.2. The van der Waals surface area contributed by atoms with Gasteiger partial charge in [0.2, 0.25) is 0 Å². The molecule has 0 atom stereocenters. The monoisotopic (exact) mass is 519 g/mol. The van der Waals surface area contributed by atoms with Gasteiger partial charge in [0.25, 0.3) is 0 Å². The molecule has 0 spiro atoms. The number of rotatable bonds is 0. The number of nitrogens with one attached hydrogen (secondary N) is 1. The number of fused-ring (bicyclic) bond motifs is 13. The van der Waals surface area contributed by atoms with E-state index < -0.39 is 0 Å². The molecule has 0 aliphatic carbocycles. The Kier molecular flexibility index (Phi) is 3.37. The van der Waals surface area contributed by atoms with Crippen LogP contribution in [0, 0.1) is 0 Å². The Labute approximate surface area is 232 Å². The number of H-pyrrole nitrogens is 1. The number of hydrogen-bond acceptors (Lipinski definition) is 0. The normalized spacial score (nSPS) is 12.9. The summed E-state index contributed by atoms with van der Waals surface area (Å²) in [5.41, 5.74) is 9.84. The first kappa shape index (κ1) is 20.4. The zero-order valence-corrected chi connectivity index (χ0v) is 21.9. The van der Waals surface area contributed by atoms with E-state index in [0.717, 1.165) is 0 Å². The van der Waals surface area contributed by atoms with Crippen molar-refractivity contribution in [3.05, 3.63) is 121 Å². The second-order valence-corrected chi connectivity index (χ2v) is 11.5. The van der Waals surface area contributed by atoms with E-state index in [-0.39, 0.29) is 0 Å². The molecule has 11 aromatic rings. The second-order valence-electron chi connectivity index (χ2n) is 11.5. The summed E-state index contributed by atoms with van der Waals surface area (Å²) in [4.78, 5) is 3.71. The first-order chi connectivity index (χ1) is 20.3. The molecule has 188 valence electrons. The fourth-order valence-corrected chi connectivity index (χ4v) is 7.78. The molecule has 0 saturated heterocycles. The van der Waals surface area contributed by atoms with Crippen molar-refractivity contribution in [2.75, 3.05) is 0 Å². The number of aromatic amines is 1. The van der Waals surface area contributed by atoms with Gasteiger partial charge in [-0.1, -0.05) is 84.9 Å². The third kappa shape index (κ3) is 2.31. The molecule has 0 saturated carbocycles. The molecule has 3 nitrogen and oxygen atoms in total. The van der Waals surface area contributed by atoms with Crippen LogP contribution in [0.5, 0.6) is 0 Å². The van der Waals surface area contributed by atoms with Crippen molar-refractivity contribution in [2.45, 2.75) is 0 Å². The van der Waals surface area contributed by atoms with Crippen LogP contribution in [0.1, 0.15) is 0 Å². The van der Waals surface area contributed by atoms with E-state index in [1.165, 1.54) is 98.0 Å². The van der Waals surface area contributed by atoms with Crippen LogP contribution in [0.2, 0.25) is 0 Å². The molecule has 0 unspecified atom stereocenters. The zero-order valence-electron chi connectivity index (χ0n) is 21.9. The van der Waals surface area contributed by atoms with Gasteiger partial charge in [-0.05, 0) is 52.6 Å². The fraction of sp³-hybridized carbons (Fsp3) is 0. The van der Waals surface area contributed by atoms with E-state index in [1.54, 1.807) is 0 Å². The van der Waals surface area contributed by atoms with Gasteiger partial charge >= 0.3 is 0 Å². The fourth-order valence-electron chi connectivity index (χ4n) is 7.78. The lowest BCUT2D eigenvalue weighted by Crippen LogP contribution is -1.89. The zero-order chi connectivity index (χ0) is 26.4. The van der Waals surface area contributed by atoms with Crippen LogP contribution in [-0.4, -0.2) is 13.8 Å². The van der Waals surface area contributed by atoms with Crippen LogP contribution < -0.4 is 0 Å². The van der Waals surface area contributed by atoms with Crippen molar-refractivity contribution in [3.63, 3.8) is 0 Å². The van der Waals surface area contributed by atoms with Crippen LogP contribution in [-0.2, 0) is 0 Å². The SMILES string of the molecule is c1ccc2cc3c(cc2c1)n1c2ccccc2c2ccc4ccc5c6cc7c(cc6n3c5c4c21)[nH]c1ccccc17. The molecule has 0 aliphatic heterocycles. The van der Waals surface area contributed by atoms with Crippen LogP contribution in [0.15, 0.2) is 121 Å². The summed E-state index contributed by atoms with van der Waals surface area (Å²) in [5, 5.41) is 12.8. The molecule has 0 radical (unpaired) electrons. The minimum atomic E-state index is 1.17. The van der Waals surface area contributed by atoms with E-state index in [0.29, 0.717) is 0 Å². The van der Waals surface area contributed by atoms with Gasteiger partial charge in [0.1, 0.15) is 0 Å². The molecule has 0 bridgehead atoms. The van der Waals surface area contributed by atoms with Gasteiger partial charge in [-0.3, -0.25) is 0 Å². The summed E-state index contributed by atoms with van der Waals surface area (Å²) in [6.45, 7) is 0. The highest BCUT2D eigenvalue weighted by molar-refractivity contribution is 6.30. The van der Waals surface area contributed by atoms with Gasteiger partial charge in [-0.15, -0.1) is 0 Å². The molecular weight excluding hydrogens is 498 g/mol. The maximum atomic E-state index is 3.71. The Balaban J connectivity index is 1.55. The number of para-hydroxylation sites is 2. The summed E-state index contributed by atoms with van der Waals surface area (Å²) in [5.74, 6) is 0. The standard InChI is InChI=1S/C38H21N3/c1-2-8-23-18-35-34(17-22(23)7-1)40-32-12-6-4-10-25(32)26-15-13-21-14-16-27-29-19-28-24-9-3-5-11-30(24)39-31(28)20-33(29)41(35)38(27)36(21)37(26)40/h1-20,39H. The van der Waals surface area contributed by atoms with Crippen molar-refractivity contribution >= 4 is 98.0 Å². The molecule has 3 heteroatoms. The third-order valence-corrected chi connectivity index (χ3v) is 9.49. The molecule has 1 N–H and O–H groups in total. The summed E-state index contributed by atoms with van der Waals surface area (Å²) in [7, 11) is 0. The van der Waals surface area contributed by atoms with Gasteiger partial charge in [0, 0.05) is 48.7 Å². The predicted molar refractivity (Wildman–Crippen MR) is 174 cm³/mol. The van der Waals surface area contributed by atoms with Gasteiger partial charge in [-0.25, -0.2) is 0 Å². The predicted octanol–water partition coefficient (Wildman–Crippen LogP) is 10.2. The molecule has 0 amide bonds. The Bertz CT molecular complexity index is 2910. The lowest BCUT2D eigenvalue weighted by molar-refractivity contribution is 1.32. The molecule has 4 aromatic heterocycles. The summed E-state index contributed by atoms with van der Waals surface area (Å²) in [6.07, 6.45) is 0.